The lowest BCUT2D eigenvalue weighted by Gasteiger charge is -2.27. The fourth-order valence-electron chi connectivity index (χ4n) is 4.73. The van der Waals surface area contributed by atoms with E-state index in [4.69, 9.17) is 14.2 Å². The lowest BCUT2D eigenvalue weighted by atomic mass is 10.1. The van der Waals surface area contributed by atoms with Crippen molar-refractivity contribution in [3.05, 3.63) is 126 Å². The number of hydrogen-bond acceptors (Lipinski definition) is 7. The summed E-state index contributed by atoms with van der Waals surface area (Å²) in [5.41, 5.74) is 3.53. The summed E-state index contributed by atoms with van der Waals surface area (Å²) < 4.78 is 16.9. The summed E-state index contributed by atoms with van der Waals surface area (Å²) in [4.78, 5) is 48.3. The van der Waals surface area contributed by atoms with Crippen LogP contribution in [0.1, 0.15) is 35.2 Å². The topological polar surface area (TPSA) is 135 Å². The van der Waals surface area contributed by atoms with E-state index < -0.39 is 18.0 Å². The van der Waals surface area contributed by atoms with E-state index in [-0.39, 0.29) is 25.5 Å². The molecule has 248 valence electrons. The third-order valence-corrected chi connectivity index (χ3v) is 7.18. The summed E-state index contributed by atoms with van der Waals surface area (Å²) in [6.07, 6.45) is 3.83. The molecule has 0 aliphatic rings. The molecular formula is C36H43N5O6. The Bertz CT molecular complexity index is 1460. The van der Waals surface area contributed by atoms with Gasteiger partial charge in [0.1, 0.15) is 12.6 Å². The van der Waals surface area contributed by atoms with Gasteiger partial charge in [0, 0.05) is 32.3 Å². The zero-order chi connectivity index (χ0) is 32.9. The SMILES string of the molecule is O=C(CN(CCCCOCc1ccccc1)C(=O)[C@H](Cc1c[nH]cn1)NC(=O)OCc1ccccc1)NCCOCc1ccccc1. The van der Waals surface area contributed by atoms with Crippen LogP contribution in [-0.4, -0.2) is 71.7 Å². The number of rotatable bonds is 20. The molecule has 0 bridgehead atoms. The number of aromatic amines is 1. The maximum absolute atomic E-state index is 13.9. The first-order valence-electron chi connectivity index (χ1n) is 15.8. The average Bonchev–Trinajstić information content (AvgIpc) is 3.62. The Hall–Kier alpha value is -5.00. The van der Waals surface area contributed by atoms with E-state index in [1.807, 2.05) is 91.0 Å². The maximum atomic E-state index is 13.9. The number of amides is 3. The van der Waals surface area contributed by atoms with Crippen LogP contribution in [0.2, 0.25) is 0 Å². The van der Waals surface area contributed by atoms with E-state index in [1.54, 1.807) is 6.20 Å². The fourth-order valence-corrected chi connectivity index (χ4v) is 4.73. The average molecular weight is 642 g/mol. The number of nitrogens with zero attached hydrogens (tertiary/aromatic N) is 2. The third kappa shape index (κ3) is 13.5. The molecule has 11 heteroatoms. The van der Waals surface area contributed by atoms with Gasteiger partial charge in [-0.05, 0) is 29.5 Å². The molecule has 0 unspecified atom stereocenters. The molecule has 1 aromatic heterocycles. The number of carbonyl (C=O) groups excluding carboxylic acids is 3. The molecule has 0 spiro atoms. The maximum Gasteiger partial charge on any atom is 0.408 e. The molecule has 4 aromatic rings. The van der Waals surface area contributed by atoms with Crippen LogP contribution in [-0.2, 0) is 50.0 Å². The first-order chi connectivity index (χ1) is 23.1. The van der Waals surface area contributed by atoms with Gasteiger partial charge in [0.2, 0.25) is 11.8 Å². The van der Waals surface area contributed by atoms with Crippen LogP contribution in [0.3, 0.4) is 0 Å². The monoisotopic (exact) mass is 641 g/mol. The number of imidazole rings is 1. The number of nitrogens with one attached hydrogen (secondary N) is 3. The Morgan fingerprint density at radius 1 is 0.766 bits per heavy atom. The summed E-state index contributed by atoms with van der Waals surface area (Å²) >= 11 is 0. The first kappa shape index (κ1) is 34.9. The zero-order valence-electron chi connectivity index (χ0n) is 26.5. The molecule has 3 N–H and O–H groups in total. The summed E-state index contributed by atoms with van der Waals surface area (Å²) in [5, 5.41) is 5.54. The third-order valence-electron chi connectivity index (χ3n) is 7.18. The van der Waals surface area contributed by atoms with Crippen molar-refractivity contribution in [1.82, 2.24) is 25.5 Å². The van der Waals surface area contributed by atoms with Gasteiger partial charge < -0.3 is 34.7 Å². The molecule has 1 atom stereocenters. The molecule has 47 heavy (non-hydrogen) atoms. The molecule has 1 heterocycles. The van der Waals surface area contributed by atoms with E-state index >= 15 is 0 Å². The van der Waals surface area contributed by atoms with Crippen molar-refractivity contribution in [3.8, 4) is 0 Å². The smallest absolute Gasteiger partial charge is 0.408 e. The van der Waals surface area contributed by atoms with Crippen molar-refractivity contribution in [3.63, 3.8) is 0 Å². The lowest BCUT2D eigenvalue weighted by Crippen LogP contribution is -2.52. The number of alkyl carbamates (subject to hydrolysis) is 1. The number of ether oxygens (including phenoxy) is 3. The molecular weight excluding hydrogens is 598 g/mol. The van der Waals surface area contributed by atoms with Gasteiger partial charge in [-0.25, -0.2) is 9.78 Å². The molecule has 3 aromatic carbocycles. The summed E-state index contributed by atoms with van der Waals surface area (Å²) in [5.74, 6) is -0.738. The molecule has 11 nitrogen and oxygen atoms in total. The van der Waals surface area contributed by atoms with Crippen molar-refractivity contribution in [1.29, 1.82) is 0 Å². The largest absolute Gasteiger partial charge is 0.445 e. The Morgan fingerprint density at radius 3 is 1.96 bits per heavy atom. The van der Waals surface area contributed by atoms with Gasteiger partial charge in [-0.2, -0.15) is 0 Å². The highest BCUT2D eigenvalue weighted by Gasteiger charge is 2.28. The molecule has 0 aliphatic carbocycles. The molecule has 0 fully saturated rings. The highest BCUT2D eigenvalue weighted by Crippen LogP contribution is 2.09. The predicted molar refractivity (Wildman–Crippen MR) is 177 cm³/mol. The van der Waals surface area contributed by atoms with Crippen LogP contribution in [0.4, 0.5) is 4.79 Å². The van der Waals surface area contributed by atoms with Gasteiger partial charge in [0.15, 0.2) is 0 Å². The molecule has 4 rings (SSSR count). The number of aromatic nitrogens is 2. The van der Waals surface area contributed by atoms with Crippen LogP contribution in [0, 0.1) is 0 Å². The molecule has 0 saturated heterocycles. The molecule has 3 amide bonds. The summed E-state index contributed by atoms with van der Waals surface area (Å²) in [6, 6.07) is 27.9. The number of benzene rings is 3. The van der Waals surface area contributed by atoms with Gasteiger partial charge in [0.25, 0.3) is 0 Å². The van der Waals surface area contributed by atoms with E-state index in [0.29, 0.717) is 58.1 Å². The van der Waals surface area contributed by atoms with Crippen LogP contribution in [0.25, 0.3) is 0 Å². The van der Waals surface area contributed by atoms with Crippen molar-refractivity contribution in [2.24, 2.45) is 0 Å². The van der Waals surface area contributed by atoms with E-state index in [2.05, 4.69) is 20.6 Å². The second-order valence-electron chi connectivity index (χ2n) is 10.9. The molecule has 0 radical (unpaired) electrons. The Labute approximate surface area is 275 Å². The van der Waals surface area contributed by atoms with E-state index in [1.165, 1.54) is 11.2 Å². The highest BCUT2D eigenvalue weighted by molar-refractivity contribution is 5.89. The zero-order valence-corrected chi connectivity index (χ0v) is 26.5. The van der Waals surface area contributed by atoms with Gasteiger partial charge in [-0.15, -0.1) is 0 Å². The van der Waals surface area contributed by atoms with Gasteiger partial charge in [-0.3, -0.25) is 9.59 Å². The minimum atomic E-state index is -1.00. The van der Waals surface area contributed by atoms with Gasteiger partial charge >= 0.3 is 6.09 Å². The van der Waals surface area contributed by atoms with Crippen LogP contribution in [0.15, 0.2) is 104 Å². The van der Waals surface area contributed by atoms with Crippen LogP contribution in [0.5, 0.6) is 0 Å². The summed E-state index contributed by atoms with van der Waals surface area (Å²) in [7, 11) is 0. The first-order valence-corrected chi connectivity index (χ1v) is 15.8. The Morgan fingerprint density at radius 2 is 1.36 bits per heavy atom. The number of H-pyrrole nitrogens is 1. The number of carbonyl (C=O) groups is 3. The standard InChI is InChI=1S/C36H43N5O6/c42-34(38-18-21-46-26-30-14-6-2-7-15-30)24-41(19-10-11-20-45-25-29-12-4-1-5-13-29)35(43)33(22-32-23-37-28-39-32)40-36(44)47-27-31-16-8-3-9-17-31/h1-9,12-17,23,28,33H,10-11,18-22,24-27H2,(H,37,39)(H,38,42)(H,40,44)/t33-/m0/s1. The van der Waals surface area contributed by atoms with Gasteiger partial charge in [-0.1, -0.05) is 91.0 Å². The number of hydrogen-bond donors (Lipinski definition) is 3. The summed E-state index contributed by atoms with van der Waals surface area (Å²) in [6.45, 7) is 2.23. The normalized spacial score (nSPS) is 11.4. The predicted octanol–water partition coefficient (Wildman–Crippen LogP) is 4.41. The highest BCUT2D eigenvalue weighted by atomic mass is 16.5. The minimum absolute atomic E-state index is 0.0530. The number of unbranched alkanes of at least 4 members (excludes halogenated alkanes) is 1. The Balaban J connectivity index is 1.33. The molecule has 0 aliphatic heterocycles. The lowest BCUT2D eigenvalue weighted by molar-refractivity contribution is -0.137. The quantitative estimate of drug-likeness (QED) is 0.122. The van der Waals surface area contributed by atoms with Crippen molar-refractivity contribution < 1.29 is 28.6 Å². The van der Waals surface area contributed by atoms with Crippen LogP contribution < -0.4 is 10.6 Å². The molecule has 0 saturated carbocycles. The van der Waals surface area contributed by atoms with Gasteiger partial charge in [0.05, 0.1) is 38.4 Å². The van der Waals surface area contributed by atoms with Crippen molar-refractivity contribution in [2.75, 3.05) is 32.8 Å². The van der Waals surface area contributed by atoms with Crippen molar-refractivity contribution in [2.45, 2.75) is 45.1 Å². The Kier molecular flexibility index (Phi) is 15.0. The fraction of sp³-hybridized carbons (Fsp3) is 0.333. The second kappa shape index (κ2) is 20.2. The van der Waals surface area contributed by atoms with E-state index in [9.17, 15) is 14.4 Å². The van der Waals surface area contributed by atoms with Crippen molar-refractivity contribution >= 4 is 17.9 Å². The van der Waals surface area contributed by atoms with Crippen LogP contribution >= 0.6 is 0 Å². The minimum Gasteiger partial charge on any atom is -0.445 e. The second-order valence-corrected chi connectivity index (χ2v) is 10.9. The van der Waals surface area contributed by atoms with E-state index in [0.717, 1.165) is 16.7 Å².